The zero-order valence-electron chi connectivity index (χ0n) is 17.2. The second kappa shape index (κ2) is 10.5. The number of hydrogen-bond acceptors (Lipinski definition) is 3. The average molecular weight is 379 g/mol. The molecule has 2 aromatic carbocycles. The van der Waals surface area contributed by atoms with Crippen LogP contribution in [0.3, 0.4) is 0 Å². The van der Waals surface area contributed by atoms with E-state index in [4.69, 9.17) is 0 Å². The lowest BCUT2D eigenvalue weighted by Crippen LogP contribution is -2.48. The summed E-state index contributed by atoms with van der Waals surface area (Å²) in [5.74, 6) is -0.328. The van der Waals surface area contributed by atoms with Crippen LogP contribution in [0.15, 0.2) is 65.7 Å². The SMILES string of the molecule is CC(C)=NC(Cc1ccccc1)C(=O)NC(Cc1ccccc1)C(=O)C(C)C. The number of Topliss-reactive ketones (excluding diaryl/α,β-unsaturated/α-hetero) is 1. The lowest BCUT2D eigenvalue weighted by Gasteiger charge is -2.22. The van der Waals surface area contributed by atoms with Gasteiger partial charge in [0.2, 0.25) is 5.91 Å². The predicted molar refractivity (Wildman–Crippen MR) is 115 cm³/mol. The third kappa shape index (κ3) is 6.76. The Labute approximate surface area is 168 Å². The van der Waals surface area contributed by atoms with Crippen molar-refractivity contribution in [2.45, 2.75) is 52.6 Å². The molecule has 0 aliphatic rings. The highest BCUT2D eigenvalue weighted by atomic mass is 16.2. The Morgan fingerprint density at radius 1 is 0.857 bits per heavy atom. The molecule has 0 bridgehead atoms. The third-order valence-electron chi connectivity index (χ3n) is 4.50. The monoisotopic (exact) mass is 378 g/mol. The molecule has 1 N–H and O–H groups in total. The van der Waals surface area contributed by atoms with Crippen molar-refractivity contribution in [2.24, 2.45) is 10.9 Å². The van der Waals surface area contributed by atoms with E-state index < -0.39 is 12.1 Å². The van der Waals surface area contributed by atoms with E-state index in [-0.39, 0.29) is 17.6 Å². The Morgan fingerprint density at radius 2 is 1.36 bits per heavy atom. The summed E-state index contributed by atoms with van der Waals surface area (Å²) < 4.78 is 0. The summed E-state index contributed by atoms with van der Waals surface area (Å²) in [7, 11) is 0. The highest BCUT2D eigenvalue weighted by molar-refractivity contribution is 5.93. The van der Waals surface area contributed by atoms with Crippen LogP contribution in [0.2, 0.25) is 0 Å². The van der Waals surface area contributed by atoms with Gasteiger partial charge in [0.1, 0.15) is 6.04 Å². The molecule has 0 heterocycles. The maximum absolute atomic E-state index is 13.0. The molecule has 2 rings (SSSR count). The molecule has 0 saturated carbocycles. The van der Waals surface area contributed by atoms with E-state index in [0.717, 1.165) is 16.8 Å². The highest BCUT2D eigenvalue weighted by Gasteiger charge is 2.27. The van der Waals surface area contributed by atoms with Gasteiger partial charge in [0.25, 0.3) is 0 Å². The van der Waals surface area contributed by atoms with E-state index in [9.17, 15) is 9.59 Å². The fourth-order valence-corrected chi connectivity index (χ4v) is 3.09. The van der Waals surface area contributed by atoms with Crippen molar-refractivity contribution in [1.82, 2.24) is 5.32 Å². The van der Waals surface area contributed by atoms with Crippen molar-refractivity contribution in [2.75, 3.05) is 0 Å². The number of amides is 1. The van der Waals surface area contributed by atoms with Gasteiger partial charge in [-0.25, -0.2) is 0 Å². The summed E-state index contributed by atoms with van der Waals surface area (Å²) in [6.45, 7) is 7.49. The Hall–Kier alpha value is -2.75. The fourth-order valence-electron chi connectivity index (χ4n) is 3.09. The van der Waals surface area contributed by atoms with Gasteiger partial charge in [-0.1, -0.05) is 74.5 Å². The quantitative estimate of drug-likeness (QED) is 0.670. The zero-order chi connectivity index (χ0) is 20.5. The van der Waals surface area contributed by atoms with Crippen LogP contribution >= 0.6 is 0 Å². The van der Waals surface area contributed by atoms with Crippen molar-refractivity contribution in [3.8, 4) is 0 Å². The average Bonchev–Trinajstić information content (AvgIpc) is 2.67. The third-order valence-corrected chi connectivity index (χ3v) is 4.50. The molecular formula is C24H30N2O2. The molecule has 0 aliphatic heterocycles. The normalized spacial score (nSPS) is 12.9. The number of carbonyl (C=O) groups is 2. The molecule has 0 radical (unpaired) electrons. The topological polar surface area (TPSA) is 58.5 Å². The lowest BCUT2D eigenvalue weighted by atomic mass is 9.95. The van der Waals surface area contributed by atoms with Crippen LogP contribution in [-0.4, -0.2) is 29.5 Å². The van der Waals surface area contributed by atoms with Crippen LogP contribution in [0.5, 0.6) is 0 Å². The predicted octanol–water partition coefficient (Wildman–Crippen LogP) is 4.03. The van der Waals surface area contributed by atoms with Gasteiger partial charge in [-0.3, -0.25) is 14.6 Å². The van der Waals surface area contributed by atoms with Gasteiger partial charge in [0, 0.05) is 18.1 Å². The molecule has 0 spiro atoms. The van der Waals surface area contributed by atoms with E-state index in [1.165, 1.54) is 0 Å². The largest absolute Gasteiger partial charge is 0.344 e. The van der Waals surface area contributed by atoms with Crippen LogP contribution < -0.4 is 5.32 Å². The summed E-state index contributed by atoms with van der Waals surface area (Å²) in [5, 5.41) is 2.98. The van der Waals surface area contributed by atoms with Gasteiger partial charge >= 0.3 is 0 Å². The maximum Gasteiger partial charge on any atom is 0.245 e. The smallest absolute Gasteiger partial charge is 0.245 e. The number of ketones is 1. The molecule has 2 atom stereocenters. The van der Waals surface area contributed by atoms with Crippen LogP contribution in [0.4, 0.5) is 0 Å². The summed E-state index contributed by atoms with van der Waals surface area (Å²) in [4.78, 5) is 30.3. The minimum absolute atomic E-state index is 0.0351. The van der Waals surface area contributed by atoms with Crippen LogP contribution in [0.25, 0.3) is 0 Å². The summed E-state index contributed by atoms with van der Waals surface area (Å²) in [6.07, 6.45) is 0.988. The molecule has 0 fully saturated rings. The first-order valence-corrected chi connectivity index (χ1v) is 9.79. The van der Waals surface area contributed by atoms with E-state index in [1.807, 2.05) is 88.4 Å². The van der Waals surface area contributed by atoms with E-state index in [2.05, 4.69) is 10.3 Å². The van der Waals surface area contributed by atoms with Crippen molar-refractivity contribution in [3.05, 3.63) is 71.8 Å². The summed E-state index contributed by atoms with van der Waals surface area (Å²) in [6, 6.07) is 18.5. The van der Waals surface area contributed by atoms with Crippen molar-refractivity contribution in [1.29, 1.82) is 0 Å². The summed E-state index contributed by atoms with van der Waals surface area (Å²) >= 11 is 0. The van der Waals surface area contributed by atoms with Gasteiger partial charge in [0.15, 0.2) is 5.78 Å². The second-order valence-electron chi connectivity index (χ2n) is 7.59. The number of nitrogens with one attached hydrogen (secondary N) is 1. The van der Waals surface area contributed by atoms with Crippen molar-refractivity contribution in [3.63, 3.8) is 0 Å². The molecule has 1 amide bonds. The van der Waals surface area contributed by atoms with Gasteiger partial charge < -0.3 is 5.32 Å². The standard InChI is InChI=1S/C24H30N2O2/c1-17(2)23(27)21(15-19-11-7-5-8-12-19)26-24(28)22(25-18(3)4)16-20-13-9-6-10-14-20/h5-14,17,21-22H,15-16H2,1-4H3,(H,26,28). The van der Waals surface area contributed by atoms with Gasteiger partial charge in [0.05, 0.1) is 6.04 Å². The number of rotatable bonds is 9. The van der Waals surface area contributed by atoms with Crippen LogP contribution in [-0.2, 0) is 22.4 Å². The number of nitrogens with zero attached hydrogens (tertiary/aromatic N) is 1. The fraction of sp³-hybridized carbons (Fsp3) is 0.375. The second-order valence-corrected chi connectivity index (χ2v) is 7.59. The molecule has 4 heteroatoms. The molecule has 0 saturated heterocycles. The first kappa shape index (κ1) is 21.5. The Balaban J connectivity index is 2.19. The number of benzene rings is 2. The molecule has 0 aliphatic carbocycles. The Morgan fingerprint density at radius 3 is 1.82 bits per heavy atom. The molecule has 2 unspecified atom stereocenters. The molecule has 28 heavy (non-hydrogen) atoms. The highest BCUT2D eigenvalue weighted by Crippen LogP contribution is 2.11. The van der Waals surface area contributed by atoms with Crippen molar-refractivity contribution < 1.29 is 9.59 Å². The van der Waals surface area contributed by atoms with E-state index in [1.54, 1.807) is 0 Å². The maximum atomic E-state index is 13.0. The zero-order valence-corrected chi connectivity index (χ0v) is 17.2. The first-order chi connectivity index (χ1) is 13.4. The van der Waals surface area contributed by atoms with Gasteiger partial charge in [-0.2, -0.15) is 0 Å². The number of hydrogen-bond donors (Lipinski definition) is 1. The lowest BCUT2D eigenvalue weighted by molar-refractivity contribution is -0.130. The molecule has 148 valence electrons. The minimum atomic E-state index is -0.555. The number of carbonyl (C=O) groups excluding carboxylic acids is 2. The molecular weight excluding hydrogens is 348 g/mol. The Kier molecular flexibility index (Phi) is 8.12. The van der Waals surface area contributed by atoms with Crippen LogP contribution in [0, 0.1) is 5.92 Å². The van der Waals surface area contributed by atoms with Gasteiger partial charge in [-0.15, -0.1) is 0 Å². The van der Waals surface area contributed by atoms with Gasteiger partial charge in [-0.05, 0) is 31.4 Å². The van der Waals surface area contributed by atoms with E-state index >= 15 is 0 Å². The first-order valence-electron chi connectivity index (χ1n) is 9.79. The Bertz CT molecular complexity index is 794. The molecule has 2 aromatic rings. The van der Waals surface area contributed by atoms with Crippen LogP contribution in [0.1, 0.15) is 38.8 Å². The molecule has 4 nitrogen and oxygen atoms in total. The molecule has 0 aromatic heterocycles. The summed E-state index contributed by atoms with van der Waals surface area (Å²) in [5.41, 5.74) is 2.91. The van der Waals surface area contributed by atoms with E-state index in [0.29, 0.717) is 12.8 Å². The number of aliphatic imine (C=N–C) groups is 1. The minimum Gasteiger partial charge on any atom is -0.344 e. The van der Waals surface area contributed by atoms with Crippen molar-refractivity contribution >= 4 is 17.4 Å².